The Labute approximate surface area is 597 Å². The first-order chi connectivity index (χ1) is 47.8. The molecular formula is C87H146NO8P. The number of phosphoric acid groups is 1. The third-order valence-corrected chi connectivity index (χ3v) is 17.6. The van der Waals surface area contributed by atoms with Gasteiger partial charge in [-0.2, -0.15) is 0 Å². The van der Waals surface area contributed by atoms with Crippen LogP contribution in [0.5, 0.6) is 0 Å². The number of rotatable bonds is 73. The molecule has 2 atom stereocenters. The molecule has 0 saturated carbocycles. The smallest absolute Gasteiger partial charge is 0.462 e. The third-order valence-electron chi connectivity index (χ3n) is 16.6. The van der Waals surface area contributed by atoms with Crippen LogP contribution in [0.25, 0.3) is 0 Å². The molecule has 0 spiro atoms. The van der Waals surface area contributed by atoms with Gasteiger partial charge in [-0.3, -0.25) is 18.6 Å². The second-order valence-corrected chi connectivity index (χ2v) is 27.3. The monoisotopic (exact) mass is 1360 g/mol. The molecule has 3 N–H and O–H groups in total. The number of allylic oxidation sites excluding steroid dienone is 28. The second-order valence-electron chi connectivity index (χ2n) is 25.8. The summed E-state index contributed by atoms with van der Waals surface area (Å²) in [6.07, 6.45) is 119. The van der Waals surface area contributed by atoms with Crippen LogP contribution in [0, 0.1) is 0 Å². The second kappa shape index (κ2) is 80.3. The van der Waals surface area contributed by atoms with Gasteiger partial charge in [-0.1, -0.05) is 364 Å². The summed E-state index contributed by atoms with van der Waals surface area (Å²) in [6, 6.07) is 0. The Kier molecular flexibility index (Phi) is 76.5. The van der Waals surface area contributed by atoms with Crippen LogP contribution in [0.4, 0.5) is 0 Å². The van der Waals surface area contributed by atoms with Gasteiger partial charge in [0.05, 0.1) is 13.2 Å². The molecule has 9 nitrogen and oxygen atoms in total. The lowest BCUT2D eigenvalue weighted by Gasteiger charge is -2.19. The van der Waals surface area contributed by atoms with Gasteiger partial charge in [0.15, 0.2) is 6.10 Å². The molecule has 0 amide bonds. The highest BCUT2D eigenvalue weighted by atomic mass is 31.2. The molecule has 97 heavy (non-hydrogen) atoms. The van der Waals surface area contributed by atoms with E-state index in [2.05, 4.69) is 184 Å². The predicted octanol–water partition coefficient (Wildman–Crippen LogP) is 26.9. The third kappa shape index (κ3) is 80.2. The van der Waals surface area contributed by atoms with Gasteiger partial charge in [-0.25, -0.2) is 4.57 Å². The van der Waals surface area contributed by atoms with Crippen LogP contribution in [-0.2, 0) is 32.7 Å². The number of esters is 2. The lowest BCUT2D eigenvalue weighted by molar-refractivity contribution is -0.161. The van der Waals surface area contributed by atoms with Crippen molar-refractivity contribution in [3.8, 4) is 0 Å². The summed E-state index contributed by atoms with van der Waals surface area (Å²) in [5, 5.41) is 0. The maximum atomic E-state index is 12.8. The van der Waals surface area contributed by atoms with Crippen molar-refractivity contribution < 1.29 is 37.6 Å². The van der Waals surface area contributed by atoms with E-state index < -0.39 is 26.5 Å². The molecule has 0 aromatic carbocycles. The van der Waals surface area contributed by atoms with Gasteiger partial charge in [0.25, 0.3) is 0 Å². The van der Waals surface area contributed by atoms with Crippen molar-refractivity contribution in [2.75, 3.05) is 26.4 Å². The van der Waals surface area contributed by atoms with E-state index in [1.54, 1.807) is 0 Å². The zero-order valence-corrected chi connectivity index (χ0v) is 63.2. The summed E-state index contributed by atoms with van der Waals surface area (Å²) >= 11 is 0. The Morgan fingerprint density at radius 1 is 0.309 bits per heavy atom. The molecule has 0 aromatic heterocycles. The first kappa shape index (κ1) is 92.4. The van der Waals surface area contributed by atoms with Gasteiger partial charge in [-0.05, 0) is 128 Å². The van der Waals surface area contributed by atoms with Crippen molar-refractivity contribution in [3.05, 3.63) is 170 Å². The van der Waals surface area contributed by atoms with E-state index in [-0.39, 0.29) is 38.6 Å². The molecule has 0 rings (SSSR count). The van der Waals surface area contributed by atoms with Gasteiger partial charge in [0.1, 0.15) is 6.61 Å². The van der Waals surface area contributed by atoms with Crippen LogP contribution >= 0.6 is 7.82 Å². The van der Waals surface area contributed by atoms with Gasteiger partial charge < -0.3 is 20.1 Å². The molecule has 0 radical (unpaired) electrons. The van der Waals surface area contributed by atoms with Crippen molar-refractivity contribution in [3.63, 3.8) is 0 Å². The number of nitrogens with two attached hydrogens (primary N) is 1. The minimum atomic E-state index is -4.40. The van der Waals surface area contributed by atoms with Crippen LogP contribution in [0.15, 0.2) is 170 Å². The quantitative estimate of drug-likeness (QED) is 0.0264. The summed E-state index contributed by atoms with van der Waals surface area (Å²) in [6.45, 7) is 3.54. The van der Waals surface area contributed by atoms with E-state index in [1.165, 1.54) is 173 Å². The maximum absolute atomic E-state index is 12.8. The molecule has 0 fully saturated rings. The Morgan fingerprint density at radius 3 is 0.794 bits per heavy atom. The van der Waals surface area contributed by atoms with Crippen molar-refractivity contribution >= 4 is 19.8 Å². The lowest BCUT2D eigenvalue weighted by Crippen LogP contribution is -2.29. The van der Waals surface area contributed by atoms with E-state index >= 15 is 0 Å². The van der Waals surface area contributed by atoms with Crippen LogP contribution in [-0.4, -0.2) is 49.3 Å². The average Bonchev–Trinajstić information content (AvgIpc) is 2.57. The number of hydrogen-bond acceptors (Lipinski definition) is 8. The number of phosphoric ester groups is 1. The SMILES string of the molecule is CC/C=C\C/C=C\C/C=C\C/C=C\C/C=C\C/C=C\C/C=C\C/C=C\CCCCCCCCCCCCCCCCCCC(=O)OC(COC(=O)CCCCCCCCCCCCCCCCCC/C=C\C/C=C\C/C=C\C/C=C\C/C=C\C/C=C\CC)COP(=O)(O)OCCN. The largest absolute Gasteiger partial charge is 0.472 e. The lowest BCUT2D eigenvalue weighted by atomic mass is 10.0. The molecule has 0 heterocycles. The summed E-state index contributed by atoms with van der Waals surface area (Å²) < 4.78 is 33.3. The zero-order valence-electron chi connectivity index (χ0n) is 62.3. The van der Waals surface area contributed by atoms with Crippen molar-refractivity contribution in [2.45, 2.75) is 341 Å². The van der Waals surface area contributed by atoms with Crippen molar-refractivity contribution in [1.29, 1.82) is 0 Å². The number of hydrogen-bond donors (Lipinski definition) is 2. The number of carbonyl (C=O) groups is 2. The number of unbranched alkanes of at least 4 members (excludes halogenated alkanes) is 32. The first-order valence-corrected chi connectivity index (χ1v) is 41.1. The number of ether oxygens (including phenoxy) is 2. The van der Waals surface area contributed by atoms with Crippen molar-refractivity contribution in [2.24, 2.45) is 5.73 Å². The molecule has 10 heteroatoms. The molecular weight excluding hydrogens is 1220 g/mol. The fourth-order valence-electron chi connectivity index (χ4n) is 10.8. The molecule has 0 aliphatic rings. The van der Waals surface area contributed by atoms with Crippen LogP contribution in [0.3, 0.4) is 0 Å². The summed E-state index contributed by atoms with van der Waals surface area (Å²) in [5.41, 5.74) is 5.42. The summed E-state index contributed by atoms with van der Waals surface area (Å²) in [4.78, 5) is 35.5. The fourth-order valence-corrected chi connectivity index (χ4v) is 11.6. The Balaban J connectivity index is 3.85. The average molecular weight is 1370 g/mol. The molecule has 0 aliphatic carbocycles. The molecule has 2 unspecified atom stereocenters. The highest BCUT2D eigenvalue weighted by Gasteiger charge is 2.26. The van der Waals surface area contributed by atoms with Crippen molar-refractivity contribution in [1.82, 2.24) is 0 Å². The Bertz CT molecular complexity index is 2210. The van der Waals surface area contributed by atoms with Crippen LogP contribution < -0.4 is 5.73 Å². The first-order valence-electron chi connectivity index (χ1n) is 39.6. The fraction of sp³-hybridized carbons (Fsp3) is 0.655. The van der Waals surface area contributed by atoms with E-state index in [1.807, 2.05) is 0 Å². The molecule has 0 aromatic rings. The maximum Gasteiger partial charge on any atom is 0.472 e. The molecule has 0 aliphatic heterocycles. The van der Waals surface area contributed by atoms with Gasteiger partial charge >= 0.3 is 19.8 Å². The predicted molar refractivity (Wildman–Crippen MR) is 422 cm³/mol. The number of carbonyl (C=O) groups excluding carboxylic acids is 2. The van der Waals surface area contributed by atoms with E-state index in [9.17, 15) is 19.0 Å². The summed E-state index contributed by atoms with van der Waals surface area (Å²) in [5.74, 6) is -0.823. The van der Waals surface area contributed by atoms with Crippen LogP contribution in [0.2, 0.25) is 0 Å². The highest BCUT2D eigenvalue weighted by molar-refractivity contribution is 7.47. The zero-order chi connectivity index (χ0) is 70.0. The topological polar surface area (TPSA) is 134 Å². The highest BCUT2D eigenvalue weighted by Crippen LogP contribution is 2.43. The van der Waals surface area contributed by atoms with E-state index in [0.717, 1.165) is 128 Å². The molecule has 0 saturated heterocycles. The Morgan fingerprint density at radius 2 is 0.536 bits per heavy atom. The van der Waals surface area contributed by atoms with E-state index in [0.29, 0.717) is 6.42 Å². The van der Waals surface area contributed by atoms with Crippen LogP contribution in [0.1, 0.15) is 335 Å². The molecule has 552 valence electrons. The standard InChI is InChI=1S/C87H146NO8P/c1-3-5-7-9-11-13-15-17-19-21-23-25-27-29-31-33-35-37-39-40-41-42-43-44-46-48-50-52-54-56-58-60-62-64-66-68-70-72-74-76-78-80-87(90)96-85(84-95-97(91,92)94-82-81-88)83-93-86(89)79-77-75-73-71-69-67-65-63-61-59-57-55-53-51-49-47-45-38-36-34-32-30-28-26-24-22-20-18-16-14-12-10-8-6-4-2/h5-8,11-14,17-20,23-26,29-32,35-38,40-41,43-44,85H,3-4,9-10,15-16,21-22,27-28,33-34,39,42,45-84,88H2,1-2H3,(H,91,92)/b7-5-,8-6-,13-11-,14-12-,19-17-,20-18-,25-23-,26-24-,31-29-,32-30-,37-35-,38-36-,41-40-,44-43-. The minimum absolute atomic E-state index is 0.0486. The van der Waals surface area contributed by atoms with Gasteiger partial charge in [0, 0.05) is 19.4 Å². The Hall–Kier alpha value is -4.63. The normalized spacial score (nSPS) is 13.8. The van der Waals surface area contributed by atoms with Gasteiger partial charge in [-0.15, -0.1) is 0 Å². The summed E-state index contributed by atoms with van der Waals surface area (Å²) in [7, 11) is -4.40. The molecule has 0 bridgehead atoms. The van der Waals surface area contributed by atoms with E-state index in [4.69, 9.17) is 24.3 Å². The minimum Gasteiger partial charge on any atom is -0.462 e. The van der Waals surface area contributed by atoms with Gasteiger partial charge in [0.2, 0.25) is 0 Å².